The molecule has 1 aliphatic heterocycles. The van der Waals surface area contributed by atoms with Crippen molar-refractivity contribution in [2.24, 2.45) is 5.73 Å². The molecule has 0 aliphatic carbocycles. The molecule has 1 heterocycles. The summed E-state index contributed by atoms with van der Waals surface area (Å²) in [7, 11) is 0. The second-order valence-corrected chi connectivity index (χ2v) is 3.73. The van der Waals surface area contributed by atoms with E-state index in [-0.39, 0.29) is 0 Å². The highest BCUT2D eigenvalue weighted by atomic mass is 32.2. The van der Waals surface area contributed by atoms with E-state index in [9.17, 15) is 0 Å². The number of thioether (sulfide) groups is 1. The van der Waals surface area contributed by atoms with Crippen LogP contribution in [0.5, 0.6) is 0 Å². The van der Waals surface area contributed by atoms with Crippen molar-refractivity contribution < 1.29 is 0 Å². The Labute approximate surface area is 67.1 Å². The van der Waals surface area contributed by atoms with E-state index in [2.05, 4.69) is 4.90 Å². The van der Waals surface area contributed by atoms with Gasteiger partial charge in [0.25, 0.3) is 0 Å². The number of nitrogens with two attached hydrogens (primary N) is 1. The number of hydrogen-bond acceptors (Lipinski definition) is 3. The number of rotatable bonds is 4. The third-order valence-corrected chi connectivity index (χ3v) is 2.77. The van der Waals surface area contributed by atoms with E-state index < -0.39 is 0 Å². The van der Waals surface area contributed by atoms with Crippen molar-refractivity contribution in [3.8, 4) is 0 Å². The average molecular weight is 160 g/mol. The predicted molar refractivity (Wildman–Crippen MR) is 47.2 cm³/mol. The molecule has 0 unspecified atom stereocenters. The molecule has 0 amide bonds. The van der Waals surface area contributed by atoms with Crippen molar-refractivity contribution >= 4 is 11.8 Å². The number of unbranched alkanes of at least 4 members (excludes halogenated alkanes) is 1. The van der Waals surface area contributed by atoms with Crippen LogP contribution < -0.4 is 5.73 Å². The normalized spacial score (nSPS) is 20.1. The summed E-state index contributed by atoms with van der Waals surface area (Å²) in [6.07, 6.45) is 2.46. The molecule has 0 atom stereocenters. The first kappa shape index (κ1) is 8.37. The van der Waals surface area contributed by atoms with E-state index in [0.717, 1.165) is 6.54 Å². The maximum atomic E-state index is 5.39. The standard InChI is InChI=1S/C7H16N2S/c8-3-1-2-4-9-5-6-10-7-9/h1-8H2. The molecule has 60 valence electrons. The molecule has 1 aliphatic rings. The van der Waals surface area contributed by atoms with Crippen LogP contribution in [0.15, 0.2) is 0 Å². The summed E-state index contributed by atoms with van der Waals surface area (Å²) in [6.45, 7) is 3.39. The smallest absolute Gasteiger partial charge is 0.0445 e. The third kappa shape index (κ3) is 2.90. The van der Waals surface area contributed by atoms with Gasteiger partial charge in [-0.25, -0.2) is 0 Å². The molecular formula is C7H16N2S. The second kappa shape index (κ2) is 4.99. The molecule has 0 aromatic heterocycles. The van der Waals surface area contributed by atoms with Gasteiger partial charge in [-0.05, 0) is 25.9 Å². The minimum absolute atomic E-state index is 0.848. The maximum Gasteiger partial charge on any atom is 0.0445 e. The molecule has 1 rings (SSSR count). The zero-order valence-corrected chi connectivity index (χ0v) is 7.20. The Morgan fingerprint density at radius 1 is 1.40 bits per heavy atom. The third-order valence-electron chi connectivity index (χ3n) is 1.75. The Morgan fingerprint density at radius 2 is 2.30 bits per heavy atom. The molecule has 1 fully saturated rings. The summed E-state index contributed by atoms with van der Waals surface area (Å²) in [5.41, 5.74) is 5.39. The Balaban J connectivity index is 1.91. The van der Waals surface area contributed by atoms with Gasteiger partial charge in [0, 0.05) is 18.2 Å². The van der Waals surface area contributed by atoms with Crippen LogP contribution in [-0.4, -0.2) is 36.2 Å². The quantitative estimate of drug-likeness (QED) is 0.615. The van der Waals surface area contributed by atoms with Crippen LogP contribution >= 0.6 is 11.8 Å². The van der Waals surface area contributed by atoms with Gasteiger partial charge in [-0.2, -0.15) is 0 Å². The highest BCUT2D eigenvalue weighted by molar-refractivity contribution is 7.99. The van der Waals surface area contributed by atoms with E-state index in [0.29, 0.717) is 0 Å². The van der Waals surface area contributed by atoms with Crippen LogP contribution in [0.2, 0.25) is 0 Å². The number of hydrogen-bond donors (Lipinski definition) is 1. The van der Waals surface area contributed by atoms with Crippen molar-refractivity contribution in [2.75, 3.05) is 31.3 Å². The zero-order valence-electron chi connectivity index (χ0n) is 6.38. The molecule has 0 spiro atoms. The lowest BCUT2D eigenvalue weighted by atomic mass is 10.3. The van der Waals surface area contributed by atoms with Crippen molar-refractivity contribution in [3.63, 3.8) is 0 Å². The number of nitrogens with zero attached hydrogens (tertiary/aromatic N) is 1. The van der Waals surface area contributed by atoms with Gasteiger partial charge in [-0.1, -0.05) is 0 Å². The molecule has 10 heavy (non-hydrogen) atoms. The van der Waals surface area contributed by atoms with Crippen LogP contribution in [0.3, 0.4) is 0 Å². The molecule has 2 nitrogen and oxygen atoms in total. The van der Waals surface area contributed by atoms with Crippen molar-refractivity contribution in [3.05, 3.63) is 0 Å². The van der Waals surface area contributed by atoms with Crippen LogP contribution in [0.4, 0.5) is 0 Å². The van der Waals surface area contributed by atoms with Crippen molar-refractivity contribution in [1.29, 1.82) is 0 Å². The van der Waals surface area contributed by atoms with Gasteiger partial charge in [0.05, 0.1) is 0 Å². The fourth-order valence-corrected chi connectivity index (χ4v) is 2.14. The summed E-state index contributed by atoms with van der Waals surface area (Å²) in [5, 5.41) is 0. The van der Waals surface area contributed by atoms with E-state index in [1.807, 2.05) is 11.8 Å². The summed E-state index contributed by atoms with van der Waals surface area (Å²) in [5.74, 6) is 2.56. The van der Waals surface area contributed by atoms with Crippen molar-refractivity contribution in [1.82, 2.24) is 4.90 Å². The molecule has 3 heteroatoms. The van der Waals surface area contributed by atoms with Gasteiger partial charge in [-0.15, -0.1) is 11.8 Å². The molecule has 0 aromatic carbocycles. The second-order valence-electron chi connectivity index (χ2n) is 2.65. The van der Waals surface area contributed by atoms with Gasteiger partial charge in [0.2, 0.25) is 0 Å². The molecule has 0 saturated carbocycles. The van der Waals surface area contributed by atoms with E-state index >= 15 is 0 Å². The first-order chi connectivity index (χ1) is 4.93. The maximum absolute atomic E-state index is 5.39. The fourth-order valence-electron chi connectivity index (χ4n) is 1.11. The van der Waals surface area contributed by atoms with E-state index in [4.69, 9.17) is 5.73 Å². The predicted octanol–water partition coefficient (Wildman–Crippen LogP) is 0.732. The topological polar surface area (TPSA) is 29.3 Å². The van der Waals surface area contributed by atoms with Crippen LogP contribution in [0.25, 0.3) is 0 Å². The van der Waals surface area contributed by atoms with Gasteiger partial charge in [0.1, 0.15) is 0 Å². The minimum atomic E-state index is 0.848. The minimum Gasteiger partial charge on any atom is -0.330 e. The van der Waals surface area contributed by atoms with Crippen LogP contribution in [0, 0.1) is 0 Å². The zero-order chi connectivity index (χ0) is 7.23. The van der Waals surface area contributed by atoms with E-state index in [1.54, 1.807) is 0 Å². The highest BCUT2D eigenvalue weighted by Gasteiger charge is 2.09. The van der Waals surface area contributed by atoms with Crippen LogP contribution in [0.1, 0.15) is 12.8 Å². The summed E-state index contributed by atoms with van der Waals surface area (Å²) in [6, 6.07) is 0. The first-order valence-corrected chi connectivity index (χ1v) is 5.09. The Bertz CT molecular complexity index is 81.7. The first-order valence-electron chi connectivity index (χ1n) is 3.93. The van der Waals surface area contributed by atoms with Gasteiger partial charge in [0.15, 0.2) is 0 Å². The fraction of sp³-hybridized carbons (Fsp3) is 1.00. The molecule has 1 saturated heterocycles. The SMILES string of the molecule is NCCCCN1CCSC1. The Hall–Kier alpha value is 0.270. The lowest BCUT2D eigenvalue weighted by Gasteiger charge is -2.11. The molecule has 2 N–H and O–H groups in total. The monoisotopic (exact) mass is 160 g/mol. The lowest BCUT2D eigenvalue weighted by molar-refractivity contribution is 0.347. The summed E-state index contributed by atoms with van der Waals surface area (Å²) in [4.78, 5) is 2.50. The largest absolute Gasteiger partial charge is 0.330 e. The average Bonchev–Trinajstić information content (AvgIpc) is 2.41. The van der Waals surface area contributed by atoms with Crippen LogP contribution in [-0.2, 0) is 0 Å². The summed E-state index contributed by atoms with van der Waals surface area (Å²) >= 11 is 2.03. The summed E-state index contributed by atoms with van der Waals surface area (Å²) < 4.78 is 0. The lowest BCUT2D eigenvalue weighted by Crippen LogP contribution is -2.21. The Kier molecular flexibility index (Phi) is 4.18. The molecule has 0 radical (unpaired) electrons. The van der Waals surface area contributed by atoms with Gasteiger partial charge < -0.3 is 5.73 Å². The highest BCUT2D eigenvalue weighted by Crippen LogP contribution is 2.13. The van der Waals surface area contributed by atoms with Crippen molar-refractivity contribution in [2.45, 2.75) is 12.8 Å². The molecule has 0 aromatic rings. The molecule has 0 bridgehead atoms. The van der Waals surface area contributed by atoms with E-state index in [1.165, 1.54) is 37.6 Å². The van der Waals surface area contributed by atoms with Gasteiger partial charge in [-0.3, -0.25) is 4.90 Å². The Morgan fingerprint density at radius 3 is 2.90 bits per heavy atom. The molecular weight excluding hydrogens is 144 g/mol. The van der Waals surface area contributed by atoms with Gasteiger partial charge >= 0.3 is 0 Å².